The topological polar surface area (TPSA) is 33.2 Å². The maximum atomic E-state index is 11.7. The van der Waals surface area contributed by atoms with Crippen LogP contribution in [0.1, 0.15) is 17.0 Å². The minimum absolute atomic E-state index is 0.161. The molecule has 80 valence electrons. The molecule has 1 fully saturated rings. The SMILES string of the molecule is C=CC1CC(=O)N(c2nc(C)c(C)s2)C1. The van der Waals surface area contributed by atoms with E-state index in [0.29, 0.717) is 6.42 Å². The molecule has 2 heterocycles. The Morgan fingerprint density at radius 1 is 1.60 bits per heavy atom. The summed E-state index contributed by atoms with van der Waals surface area (Å²) in [5, 5.41) is 0.833. The number of nitrogens with zero attached hydrogens (tertiary/aromatic N) is 2. The van der Waals surface area contributed by atoms with Gasteiger partial charge in [-0.15, -0.1) is 17.9 Å². The fraction of sp³-hybridized carbons (Fsp3) is 0.455. The van der Waals surface area contributed by atoms with Crippen molar-refractivity contribution >= 4 is 22.4 Å². The lowest BCUT2D eigenvalue weighted by Gasteiger charge is -2.11. The summed E-state index contributed by atoms with van der Waals surface area (Å²) in [6, 6.07) is 0. The highest BCUT2D eigenvalue weighted by Gasteiger charge is 2.30. The molecule has 0 aliphatic carbocycles. The molecule has 4 heteroatoms. The highest BCUT2D eigenvalue weighted by Crippen LogP contribution is 2.30. The van der Waals surface area contributed by atoms with Crippen molar-refractivity contribution in [2.45, 2.75) is 20.3 Å². The van der Waals surface area contributed by atoms with Crippen molar-refractivity contribution in [2.24, 2.45) is 5.92 Å². The second-order valence-electron chi connectivity index (χ2n) is 3.84. The maximum absolute atomic E-state index is 11.7. The number of hydrogen-bond acceptors (Lipinski definition) is 3. The van der Waals surface area contributed by atoms with Gasteiger partial charge in [-0.3, -0.25) is 9.69 Å². The number of anilines is 1. The zero-order valence-corrected chi connectivity index (χ0v) is 9.80. The van der Waals surface area contributed by atoms with Gasteiger partial charge >= 0.3 is 0 Å². The normalized spacial score (nSPS) is 21.1. The highest BCUT2D eigenvalue weighted by molar-refractivity contribution is 7.15. The molecule has 0 aromatic carbocycles. The quantitative estimate of drug-likeness (QED) is 0.719. The van der Waals surface area contributed by atoms with Gasteiger partial charge in [-0.25, -0.2) is 4.98 Å². The average Bonchev–Trinajstić information content (AvgIpc) is 2.71. The predicted molar refractivity (Wildman–Crippen MR) is 62.2 cm³/mol. The number of aromatic nitrogens is 1. The lowest BCUT2D eigenvalue weighted by atomic mass is 10.1. The fourth-order valence-electron chi connectivity index (χ4n) is 1.65. The first-order chi connectivity index (χ1) is 7.11. The van der Waals surface area contributed by atoms with E-state index in [2.05, 4.69) is 11.6 Å². The summed E-state index contributed by atoms with van der Waals surface area (Å²) >= 11 is 1.59. The Hall–Kier alpha value is -1.16. The molecule has 1 aromatic rings. The molecule has 1 aromatic heterocycles. The predicted octanol–water partition coefficient (Wildman–Crippen LogP) is 2.30. The molecule has 1 aliphatic heterocycles. The molecule has 0 saturated carbocycles. The zero-order valence-electron chi connectivity index (χ0n) is 8.99. The molecule has 0 bridgehead atoms. The lowest BCUT2D eigenvalue weighted by molar-refractivity contribution is -0.117. The summed E-state index contributed by atoms with van der Waals surface area (Å²) in [5.41, 5.74) is 1.02. The van der Waals surface area contributed by atoms with Gasteiger partial charge in [0.25, 0.3) is 0 Å². The first-order valence-corrected chi connectivity index (χ1v) is 5.80. The molecule has 1 aliphatic rings. The van der Waals surface area contributed by atoms with Gasteiger partial charge in [0, 0.05) is 23.8 Å². The minimum Gasteiger partial charge on any atom is -0.287 e. The van der Waals surface area contributed by atoms with Crippen LogP contribution in [0.5, 0.6) is 0 Å². The van der Waals surface area contributed by atoms with Crippen LogP contribution in [0, 0.1) is 19.8 Å². The molecule has 15 heavy (non-hydrogen) atoms. The van der Waals surface area contributed by atoms with Crippen molar-refractivity contribution in [3.8, 4) is 0 Å². The summed E-state index contributed by atoms with van der Waals surface area (Å²) in [4.78, 5) is 19.1. The Balaban J connectivity index is 2.24. The van der Waals surface area contributed by atoms with Gasteiger partial charge in [0.2, 0.25) is 5.91 Å². The van der Waals surface area contributed by atoms with Gasteiger partial charge in [0.1, 0.15) is 0 Å². The lowest BCUT2D eigenvalue weighted by Crippen LogP contribution is -2.24. The van der Waals surface area contributed by atoms with E-state index in [1.165, 1.54) is 4.88 Å². The van der Waals surface area contributed by atoms with Crippen molar-refractivity contribution in [1.29, 1.82) is 0 Å². The van der Waals surface area contributed by atoms with Gasteiger partial charge in [-0.05, 0) is 13.8 Å². The molecule has 1 unspecified atom stereocenters. The van der Waals surface area contributed by atoms with Crippen LogP contribution >= 0.6 is 11.3 Å². The van der Waals surface area contributed by atoms with Crippen molar-refractivity contribution in [1.82, 2.24) is 4.98 Å². The van der Waals surface area contributed by atoms with Gasteiger partial charge < -0.3 is 0 Å². The highest BCUT2D eigenvalue weighted by atomic mass is 32.1. The van der Waals surface area contributed by atoms with Crippen molar-refractivity contribution in [2.75, 3.05) is 11.4 Å². The van der Waals surface area contributed by atoms with E-state index in [1.54, 1.807) is 16.2 Å². The van der Waals surface area contributed by atoms with E-state index >= 15 is 0 Å². The van der Waals surface area contributed by atoms with Gasteiger partial charge in [-0.2, -0.15) is 0 Å². The molecule has 0 spiro atoms. The average molecular weight is 222 g/mol. The van der Waals surface area contributed by atoms with Crippen LogP contribution in [0.25, 0.3) is 0 Å². The van der Waals surface area contributed by atoms with E-state index in [4.69, 9.17) is 0 Å². The molecule has 1 atom stereocenters. The summed E-state index contributed by atoms with van der Waals surface area (Å²) in [6.45, 7) is 8.47. The second kappa shape index (κ2) is 3.77. The fourth-order valence-corrected chi connectivity index (χ4v) is 2.59. The molecular formula is C11H14N2OS. The number of carbonyl (C=O) groups excluding carboxylic acids is 1. The Bertz CT molecular complexity index is 391. The van der Waals surface area contributed by atoms with Gasteiger partial charge in [0.15, 0.2) is 5.13 Å². The molecular weight excluding hydrogens is 208 g/mol. The van der Waals surface area contributed by atoms with Crippen LogP contribution in [0.4, 0.5) is 5.13 Å². The van der Waals surface area contributed by atoms with Crippen LogP contribution < -0.4 is 4.90 Å². The van der Waals surface area contributed by atoms with Gasteiger partial charge in [0.05, 0.1) is 5.69 Å². The Morgan fingerprint density at radius 2 is 2.33 bits per heavy atom. The zero-order chi connectivity index (χ0) is 11.0. The molecule has 1 amide bonds. The summed E-state index contributed by atoms with van der Waals surface area (Å²) in [7, 11) is 0. The Morgan fingerprint density at radius 3 is 2.80 bits per heavy atom. The number of hydrogen-bond donors (Lipinski definition) is 0. The second-order valence-corrected chi connectivity index (χ2v) is 5.02. The summed E-state index contributed by atoms with van der Waals surface area (Å²) in [5.74, 6) is 0.440. The molecule has 0 N–H and O–H groups in total. The van der Waals surface area contributed by atoms with E-state index in [9.17, 15) is 4.79 Å². The van der Waals surface area contributed by atoms with Gasteiger partial charge in [-0.1, -0.05) is 6.08 Å². The first kappa shape index (κ1) is 10.4. The number of carbonyl (C=O) groups is 1. The minimum atomic E-state index is 0.161. The smallest absolute Gasteiger partial charge is 0.229 e. The third-order valence-corrected chi connectivity index (χ3v) is 3.83. The van der Waals surface area contributed by atoms with E-state index in [-0.39, 0.29) is 11.8 Å². The Labute approximate surface area is 93.4 Å². The maximum Gasteiger partial charge on any atom is 0.229 e. The third kappa shape index (κ3) is 1.81. The first-order valence-electron chi connectivity index (χ1n) is 4.98. The van der Waals surface area contributed by atoms with Crippen LogP contribution in [-0.4, -0.2) is 17.4 Å². The summed E-state index contributed by atoms with van der Waals surface area (Å²) < 4.78 is 0. The largest absolute Gasteiger partial charge is 0.287 e. The monoisotopic (exact) mass is 222 g/mol. The van der Waals surface area contributed by atoms with Crippen molar-refractivity contribution < 1.29 is 4.79 Å². The molecule has 3 nitrogen and oxygen atoms in total. The van der Waals surface area contributed by atoms with Crippen LogP contribution in [-0.2, 0) is 4.79 Å². The molecule has 0 radical (unpaired) electrons. The van der Waals surface area contributed by atoms with E-state index in [0.717, 1.165) is 17.4 Å². The van der Waals surface area contributed by atoms with E-state index in [1.807, 2.05) is 19.9 Å². The Kier molecular flexibility index (Phi) is 2.61. The van der Waals surface area contributed by atoms with Crippen molar-refractivity contribution in [3.05, 3.63) is 23.2 Å². The van der Waals surface area contributed by atoms with Crippen molar-refractivity contribution in [3.63, 3.8) is 0 Å². The molecule has 2 rings (SSSR count). The number of rotatable bonds is 2. The standard InChI is InChI=1S/C11H14N2OS/c1-4-9-5-10(14)13(6-9)11-12-7(2)8(3)15-11/h4,9H,1,5-6H2,2-3H3. The summed E-state index contributed by atoms with van der Waals surface area (Å²) in [6.07, 6.45) is 2.42. The van der Waals surface area contributed by atoms with Crippen LogP contribution in [0.15, 0.2) is 12.7 Å². The van der Waals surface area contributed by atoms with E-state index < -0.39 is 0 Å². The number of thiazole rings is 1. The number of aryl methyl sites for hydroxylation is 2. The third-order valence-electron chi connectivity index (χ3n) is 2.74. The number of amides is 1. The molecule has 1 saturated heterocycles. The van der Waals surface area contributed by atoms with Crippen LogP contribution in [0.3, 0.4) is 0 Å². The van der Waals surface area contributed by atoms with Crippen LogP contribution in [0.2, 0.25) is 0 Å².